The molecule has 1 aromatic heterocycles. The first-order valence-electron chi connectivity index (χ1n) is 9.75. The minimum atomic E-state index is 0.0761. The third kappa shape index (κ3) is 4.78. The van der Waals surface area contributed by atoms with Crippen molar-refractivity contribution in [1.29, 1.82) is 0 Å². The zero-order valence-electron chi connectivity index (χ0n) is 15.6. The molecule has 2 fully saturated rings. The summed E-state index contributed by atoms with van der Waals surface area (Å²) < 4.78 is 0. The molecule has 0 spiro atoms. The van der Waals surface area contributed by atoms with Crippen LogP contribution < -0.4 is 5.32 Å². The molecule has 1 aliphatic heterocycles. The van der Waals surface area contributed by atoms with E-state index in [2.05, 4.69) is 10.3 Å². The van der Waals surface area contributed by atoms with Gasteiger partial charge in [0.05, 0.1) is 5.56 Å². The summed E-state index contributed by atoms with van der Waals surface area (Å²) in [5.41, 5.74) is 0.698. The van der Waals surface area contributed by atoms with E-state index in [-0.39, 0.29) is 17.7 Å². The van der Waals surface area contributed by atoms with Crippen LogP contribution in [0, 0.1) is 11.8 Å². The lowest BCUT2D eigenvalue weighted by molar-refractivity contribution is -0.126. The number of carbonyl (C=O) groups is 2. The molecule has 0 atom stereocenters. The number of hydrogen-bond donors (Lipinski definition) is 1. The molecule has 1 N–H and O–H groups in total. The third-order valence-corrected chi connectivity index (χ3v) is 6.35. The van der Waals surface area contributed by atoms with Crippen molar-refractivity contribution in [2.45, 2.75) is 50.0 Å². The molecule has 142 valence electrons. The average Bonchev–Trinajstić information content (AvgIpc) is 2.72. The maximum absolute atomic E-state index is 12.8. The number of nitrogens with one attached hydrogen (secondary N) is 1. The van der Waals surface area contributed by atoms with Crippen molar-refractivity contribution >= 4 is 23.6 Å². The van der Waals surface area contributed by atoms with Gasteiger partial charge in [0.15, 0.2) is 0 Å². The van der Waals surface area contributed by atoms with E-state index in [1.807, 2.05) is 23.3 Å². The monoisotopic (exact) mass is 375 g/mol. The van der Waals surface area contributed by atoms with Crippen LogP contribution >= 0.6 is 11.8 Å². The second kappa shape index (κ2) is 9.40. The standard InChI is InChI=1S/C20H29N3O2S/c1-26-19-17(8-5-11-21-19)20(25)23-12-9-15(10-13-23)14-22-18(24)16-6-3-2-4-7-16/h5,8,11,15-16H,2-4,6-7,9-10,12-14H2,1H3,(H,22,24). The zero-order valence-corrected chi connectivity index (χ0v) is 16.4. The molecular formula is C20H29N3O2S. The maximum atomic E-state index is 12.8. The van der Waals surface area contributed by atoms with E-state index in [9.17, 15) is 9.59 Å². The minimum absolute atomic E-state index is 0.0761. The van der Waals surface area contributed by atoms with Gasteiger partial charge in [0, 0.05) is 31.7 Å². The summed E-state index contributed by atoms with van der Waals surface area (Å²) >= 11 is 1.51. The first kappa shape index (κ1) is 19.2. The lowest BCUT2D eigenvalue weighted by atomic mass is 9.88. The van der Waals surface area contributed by atoms with Crippen molar-refractivity contribution in [1.82, 2.24) is 15.2 Å². The molecule has 1 saturated carbocycles. The van der Waals surface area contributed by atoms with E-state index >= 15 is 0 Å². The fourth-order valence-corrected chi connectivity index (χ4v) is 4.52. The van der Waals surface area contributed by atoms with Gasteiger partial charge in [-0.1, -0.05) is 19.3 Å². The summed E-state index contributed by atoms with van der Waals surface area (Å²) in [6.07, 6.45) is 11.3. The molecule has 0 aromatic carbocycles. The van der Waals surface area contributed by atoms with Crippen LogP contribution in [0.5, 0.6) is 0 Å². The summed E-state index contributed by atoms with van der Waals surface area (Å²) in [5.74, 6) is 1.01. The Balaban J connectivity index is 1.45. The number of nitrogens with zero attached hydrogens (tertiary/aromatic N) is 2. The number of thioether (sulfide) groups is 1. The van der Waals surface area contributed by atoms with Crippen LogP contribution in [0.3, 0.4) is 0 Å². The van der Waals surface area contributed by atoms with Crippen LogP contribution in [-0.2, 0) is 4.79 Å². The number of likely N-dealkylation sites (tertiary alicyclic amines) is 1. The van der Waals surface area contributed by atoms with Gasteiger partial charge in [0.25, 0.3) is 5.91 Å². The number of pyridine rings is 1. The maximum Gasteiger partial charge on any atom is 0.256 e. The second-order valence-electron chi connectivity index (χ2n) is 7.38. The van der Waals surface area contributed by atoms with E-state index in [0.29, 0.717) is 11.5 Å². The fourth-order valence-electron chi connectivity index (χ4n) is 3.98. The lowest BCUT2D eigenvalue weighted by Gasteiger charge is -2.32. The Morgan fingerprint density at radius 3 is 2.62 bits per heavy atom. The highest BCUT2D eigenvalue weighted by Gasteiger charge is 2.26. The smallest absolute Gasteiger partial charge is 0.256 e. The molecule has 3 rings (SSSR count). The first-order chi connectivity index (χ1) is 12.7. The number of amides is 2. The number of hydrogen-bond acceptors (Lipinski definition) is 4. The van der Waals surface area contributed by atoms with Gasteiger partial charge in [-0.3, -0.25) is 9.59 Å². The van der Waals surface area contributed by atoms with Crippen molar-refractivity contribution in [3.8, 4) is 0 Å². The third-order valence-electron chi connectivity index (χ3n) is 5.64. The van der Waals surface area contributed by atoms with Gasteiger partial charge in [-0.25, -0.2) is 4.98 Å². The van der Waals surface area contributed by atoms with Crippen molar-refractivity contribution in [3.63, 3.8) is 0 Å². The quantitative estimate of drug-likeness (QED) is 0.802. The molecule has 1 aromatic rings. The van der Waals surface area contributed by atoms with Gasteiger partial charge < -0.3 is 10.2 Å². The highest BCUT2D eigenvalue weighted by atomic mass is 32.2. The summed E-state index contributed by atoms with van der Waals surface area (Å²) in [6.45, 7) is 2.26. The van der Waals surface area contributed by atoms with Gasteiger partial charge in [0.1, 0.15) is 5.03 Å². The summed E-state index contributed by atoms with van der Waals surface area (Å²) in [4.78, 5) is 31.3. The van der Waals surface area contributed by atoms with Crippen LogP contribution in [0.2, 0.25) is 0 Å². The Labute approximate surface area is 160 Å². The van der Waals surface area contributed by atoms with Crippen LogP contribution in [0.4, 0.5) is 0 Å². The first-order valence-corrected chi connectivity index (χ1v) is 11.0. The fraction of sp³-hybridized carbons (Fsp3) is 0.650. The Hall–Kier alpha value is -1.56. The molecular weight excluding hydrogens is 346 g/mol. The van der Waals surface area contributed by atoms with Crippen LogP contribution in [0.1, 0.15) is 55.3 Å². The average molecular weight is 376 g/mol. The zero-order chi connectivity index (χ0) is 18.4. The normalized spacial score (nSPS) is 19.3. The number of rotatable bonds is 5. The number of aromatic nitrogens is 1. The lowest BCUT2D eigenvalue weighted by Crippen LogP contribution is -2.42. The van der Waals surface area contributed by atoms with Gasteiger partial charge in [-0.05, 0) is 50.0 Å². The van der Waals surface area contributed by atoms with E-state index in [1.165, 1.54) is 31.0 Å². The molecule has 1 saturated heterocycles. The Kier molecular flexibility index (Phi) is 6.94. The molecule has 6 heteroatoms. The molecule has 0 unspecified atom stereocenters. The van der Waals surface area contributed by atoms with Crippen LogP contribution in [-0.4, -0.2) is 47.6 Å². The van der Waals surface area contributed by atoms with E-state index in [0.717, 1.165) is 50.3 Å². The molecule has 1 aliphatic carbocycles. The molecule has 0 bridgehead atoms. The van der Waals surface area contributed by atoms with E-state index in [4.69, 9.17) is 0 Å². The Bertz CT molecular complexity index is 623. The summed E-state index contributed by atoms with van der Waals surface area (Å²) in [7, 11) is 0. The highest BCUT2D eigenvalue weighted by Crippen LogP contribution is 2.25. The minimum Gasteiger partial charge on any atom is -0.356 e. The predicted molar refractivity (Wildman–Crippen MR) is 104 cm³/mol. The molecule has 2 heterocycles. The van der Waals surface area contributed by atoms with Gasteiger partial charge in [0.2, 0.25) is 5.91 Å². The van der Waals surface area contributed by atoms with E-state index in [1.54, 1.807) is 6.20 Å². The van der Waals surface area contributed by atoms with Crippen LogP contribution in [0.15, 0.2) is 23.4 Å². The summed E-state index contributed by atoms with van der Waals surface area (Å²) in [6, 6.07) is 3.68. The largest absolute Gasteiger partial charge is 0.356 e. The molecule has 5 nitrogen and oxygen atoms in total. The SMILES string of the molecule is CSc1ncccc1C(=O)N1CCC(CNC(=O)C2CCCCC2)CC1. The predicted octanol–water partition coefficient (Wildman–Crippen LogP) is 3.35. The summed E-state index contributed by atoms with van der Waals surface area (Å²) in [5, 5.41) is 3.95. The Morgan fingerprint density at radius 2 is 1.92 bits per heavy atom. The van der Waals surface area contributed by atoms with Crippen molar-refractivity contribution in [2.75, 3.05) is 25.9 Å². The van der Waals surface area contributed by atoms with Crippen molar-refractivity contribution in [3.05, 3.63) is 23.9 Å². The second-order valence-corrected chi connectivity index (χ2v) is 8.17. The van der Waals surface area contributed by atoms with Gasteiger partial charge >= 0.3 is 0 Å². The number of carbonyl (C=O) groups excluding carboxylic acids is 2. The topological polar surface area (TPSA) is 62.3 Å². The van der Waals surface area contributed by atoms with Crippen molar-refractivity contribution in [2.24, 2.45) is 11.8 Å². The molecule has 2 aliphatic rings. The number of piperidine rings is 1. The van der Waals surface area contributed by atoms with Crippen molar-refractivity contribution < 1.29 is 9.59 Å². The Morgan fingerprint density at radius 1 is 1.19 bits per heavy atom. The van der Waals surface area contributed by atoms with Gasteiger partial charge in [-0.15, -0.1) is 11.8 Å². The molecule has 2 amide bonds. The highest BCUT2D eigenvalue weighted by molar-refractivity contribution is 7.98. The van der Waals surface area contributed by atoms with E-state index < -0.39 is 0 Å². The van der Waals surface area contributed by atoms with Crippen LogP contribution in [0.25, 0.3) is 0 Å². The molecule has 0 radical (unpaired) electrons. The van der Waals surface area contributed by atoms with Gasteiger partial charge in [-0.2, -0.15) is 0 Å². The molecule has 26 heavy (non-hydrogen) atoms.